The molecular formula is C37H34N4O6. The molecule has 0 aliphatic carbocycles. The molecule has 0 unspecified atom stereocenters. The molecule has 2 aliphatic heterocycles. The average molecular weight is 631 g/mol. The number of aliphatic carboxylic acids is 1. The van der Waals surface area contributed by atoms with Crippen LogP contribution in [-0.4, -0.2) is 46.1 Å². The Bertz CT molecular complexity index is 2040. The van der Waals surface area contributed by atoms with E-state index in [2.05, 4.69) is 15.6 Å². The number of anilines is 2. The van der Waals surface area contributed by atoms with Gasteiger partial charge in [-0.05, 0) is 76.0 Å². The van der Waals surface area contributed by atoms with Gasteiger partial charge in [0.25, 0.3) is 11.5 Å². The molecule has 2 amide bonds. The van der Waals surface area contributed by atoms with E-state index in [1.54, 1.807) is 42.6 Å². The normalized spacial score (nSPS) is 16.9. The molecule has 0 spiro atoms. The first-order valence-corrected chi connectivity index (χ1v) is 15.3. The van der Waals surface area contributed by atoms with Crippen LogP contribution in [0.2, 0.25) is 0 Å². The number of carbonyl (C=O) groups is 3. The first-order chi connectivity index (χ1) is 22.7. The van der Waals surface area contributed by atoms with Crippen LogP contribution in [0.1, 0.15) is 41.1 Å². The second-order valence-corrected chi connectivity index (χ2v) is 11.8. The summed E-state index contributed by atoms with van der Waals surface area (Å²) in [6.45, 7) is 3.37. The van der Waals surface area contributed by atoms with Crippen LogP contribution in [0, 0.1) is 6.92 Å². The zero-order valence-electron chi connectivity index (χ0n) is 25.9. The zero-order valence-corrected chi connectivity index (χ0v) is 25.9. The summed E-state index contributed by atoms with van der Waals surface area (Å²) >= 11 is 0. The van der Waals surface area contributed by atoms with Crippen molar-refractivity contribution in [2.75, 3.05) is 23.8 Å². The summed E-state index contributed by atoms with van der Waals surface area (Å²) in [5.41, 5.74) is 5.41. The van der Waals surface area contributed by atoms with E-state index in [1.807, 2.05) is 68.4 Å². The summed E-state index contributed by atoms with van der Waals surface area (Å²) < 4.78 is 5.58. The van der Waals surface area contributed by atoms with E-state index < -0.39 is 30.6 Å². The maximum atomic E-state index is 14.6. The Kier molecular flexibility index (Phi) is 8.75. The number of ether oxygens (including phenoxy) is 1. The van der Waals surface area contributed by atoms with Crippen molar-refractivity contribution >= 4 is 40.1 Å². The van der Waals surface area contributed by atoms with Crippen molar-refractivity contribution in [3.05, 3.63) is 130 Å². The van der Waals surface area contributed by atoms with Crippen LogP contribution in [0.5, 0.6) is 0 Å². The molecule has 47 heavy (non-hydrogen) atoms. The fraction of sp³-hybridized carbons (Fsp3) is 0.189. The molecular weight excluding hydrogens is 596 g/mol. The third-order valence-electron chi connectivity index (χ3n) is 8.39. The number of nitrogens with one attached hydrogen (secondary N) is 3. The van der Waals surface area contributed by atoms with E-state index in [0.717, 1.165) is 27.6 Å². The van der Waals surface area contributed by atoms with Crippen molar-refractivity contribution in [2.45, 2.75) is 32.4 Å². The highest BCUT2D eigenvalue weighted by Crippen LogP contribution is 2.32. The smallest absolute Gasteiger partial charge is 0.411 e. The number of nitrogens with zero attached hydrogens (tertiary/aromatic N) is 1. The van der Waals surface area contributed by atoms with Crippen LogP contribution in [-0.2, 0) is 20.9 Å². The minimum atomic E-state index is -1.18. The third kappa shape index (κ3) is 6.86. The Labute approximate surface area is 271 Å². The largest absolute Gasteiger partial charge is 0.480 e. The number of aryl methyl sites for hydroxylation is 1. The number of hydrogen-bond acceptors (Lipinski definition) is 6. The second-order valence-electron chi connectivity index (χ2n) is 11.8. The van der Waals surface area contributed by atoms with Gasteiger partial charge in [-0.3, -0.25) is 19.7 Å². The number of hydrogen-bond donors (Lipinski definition) is 4. The number of carboxylic acid groups (broad SMARTS) is 1. The van der Waals surface area contributed by atoms with E-state index in [0.29, 0.717) is 27.9 Å². The predicted molar refractivity (Wildman–Crippen MR) is 180 cm³/mol. The minimum absolute atomic E-state index is 0.0659. The lowest BCUT2D eigenvalue weighted by atomic mass is 9.92. The van der Waals surface area contributed by atoms with Crippen molar-refractivity contribution < 1.29 is 24.2 Å². The maximum Gasteiger partial charge on any atom is 0.411 e. The van der Waals surface area contributed by atoms with Gasteiger partial charge in [0, 0.05) is 35.4 Å². The number of pyridine rings is 1. The monoisotopic (exact) mass is 630 g/mol. The molecule has 238 valence electrons. The van der Waals surface area contributed by atoms with Crippen LogP contribution < -0.4 is 16.2 Å². The molecule has 2 aliphatic rings. The standard InChI is InChI=1S/C37H34N4O6/c1-22-16-26-9-12-30(22)23(2)21-47-37(46)40-28-11-13-31(24-6-4-3-5-7-24)27(17-28)19-41(20-33(42)43)36(45)34(26)39-29-10-8-25-14-15-38-35(44)32(25)18-29/h3-18,23,34,39H,19-21H2,1-2H3,(H,38,44)(H,40,46)(H,42,43)/t23-,34+/m0/s1. The lowest BCUT2D eigenvalue weighted by Crippen LogP contribution is -2.41. The van der Waals surface area contributed by atoms with Gasteiger partial charge >= 0.3 is 12.1 Å². The molecule has 4 aromatic carbocycles. The van der Waals surface area contributed by atoms with Crippen LogP contribution in [0.4, 0.5) is 16.2 Å². The highest BCUT2D eigenvalue weighted by Gasteiger charge is 2.30. The summed E-state index contributed by atoms with van der Waals surface area (Å²) in [6.07, 6.45) is 0.960. The van der Waals surface area contributed by atoms with Crippen LogP contribution >= 0.6 is 0 Å². The lowest BCUT2D eigenvalue weighted by Gasteiger charge is -2.29. The van der Waals surface area contributed by atoms with Crippen LogP contribution in [0.15, 0.2) is 102 Å². The summed E-state index contributed by atoms with van der Waals surface area (Å²) in [5, 5.41) is 17.3. The maximum absolute atomic E-state index is 14.6. The van der Waals surface area contributed by atoms with Gasteiger partial charge in [-0.2, -0.15) is 0 Å². The highest BCUT2D eigenvalue weighted by atomic mass is 16.5. The molecule has 4 N–H and O–H groups in total. The molecule has 5 aromatic rings. The second kappa shape index (κ2) is 13.2. The minimum Gasteiger partial charge on any atom is -0.480 e. The van der Waals surface area contributed by atoms with Crippen molar-refractivity contribution in [2.24, 2.45) is 0 Å². The Morgan fingerprint density at radius 3 is 2.55 bits per heavy atom. The van der Waals surface area contributed by atoms with Gasteiger partial charge in [-0.15, -0.1) is 0 Å². The highest BCUT2D eigenvalue weighted by molar-refractivity contribution is 5.91. The fourth-order valence-corrected chi connectivity index (χ4v) is 6.07. The van der Waals surface area contributed by atoms with E-state index in [9.17, 15) is 24.3 Å². The van der Waals surface area contributed by atoms with E-state index in [-0.39, 0.29) is 24.6 Å². The number of carbonyl (C=O) groups excluding carboxylic acids is 2. The molecule has 10 heteroatoms. The Balaban J connectivity index is 1.49. The lowest BCUT2D eigenvalue weighted by molar-refractivity contribution is -0.145. The van der Waals surface area contributed by atoms with Gasteiger partial charge in [-0.1, -0.05) is 67.6 Å². The molecule has 10 nitrogen and oxygen atoms in total. The average Bonchev–Trinajstić information content (AvgIpc) is 3.06. The van der Waals surface area contributed by atoms with E-state index >= 15 is 0 Å². The van der Waals surface area contributed by atoms with Gasteiger partial charge in [0.15, 0.2) is 0 Å². The Hall–Kier alpha value is -5.90. The molecule has 7 rings (SSSR count). The van der Waals surface area contributed by atoms with Crippen molar-refractivity contribution in [3.8, 4) is 11.1 Å². The van der Waals surface area contributed by atoms with Crippen molar-refractivity contribution in [1.82, 2.24) is 9.88 Å². The molecule has 3 heterocycles. The van der Waals surface area contributed by atoms with E-state index in [1.165, 1.54) is 4.90 Å². The van der Waals surface area contributed by atoms with Gasteiger partial charge in [0.05, 0.1) is 6.61 Å². The molecule has 0 saturated heterocycles. The van der Waals surface area contributed by atoms with Crippen LogP contribution in [0.3, 0.4) is 0 Å². The Morgan fingerprint density at radius 1 is 0.979 bits per heavy atom. The number of H-pyrrole nitrogens is 1. The van der Waals surface area contributed by atoms with Gasteiger partial charge in [-0.25, -0.2) is 4.79 Å². The topological polar surface area (TPSA) is 141 Å². The number of benzene rings is 4. The number of amides is 2. The van der Waals surface area contributed by atoms with Crippen molar-refractivity contribution in [3.63, 3.8) is 0 Å². The molecule has 0 saturated carbocycles. The quantitative estimate of drug-likeness (QED) is 0.175. The van der Waals surface area contributed by atoms with Gasteiger partial charge in [0.2, 0.25) is 0 Å². The van der Waals surface area contributed by atoms with E-state index in [4.69, 9.17) is 4.74 Å². The molecule has 2 atom stereocenters. The number of aromatic amines is 1. The molecule has 0 radical (unpaired) electrons. The summed E-state index contributed by atoms with van der Waals surface area (Å²) in [6, 6.07) is 26.5. The van der Waals surface area contributed by atoms with Gasteiger partial charge in [0.1, 0.15) is 12.6 Å². The fourth-order valence-electron chi connectivity index (χ4n) is 6.07. The first kappa shape index (κ1) is 31.1. The molecule has 1 aromatic heterocycles. The summed E-state index contributed by atoms with van der Waals surface area (Å²) in [5.74, 6) is -1.79. The summed E-state index contributed by atoms with van der Waals surface area (Å²) in [7, 11) is 0. The Morgan fingerprint density at radius 2 is 1.79 bits per heavy atom. The SMILES string of the molecule is Cc1cc2ccc1[C@@H](C)COC(=O)Nc1ccc(-c3ccccc3)c(c1)CN(CC(=O)O)C(=O)[C@@H]2Nc1ccc2cc[nH]c(=O)c2c1. The van der Waals surface area contributed by atoms with Gasteiger partial charge < -0.3 is 25.0 Å². The zero-order chi connectivity index (χ0) is 33.1. The number of carboxylic acids is 1. The number of rotatable bonds is 5. The third-order valence-corrected chi connectivity index (χ3v) is 8.39. The number of fused-ring (bicyclic) bond motifs is 10. The van der Waals surface area contributed by atoms with Crippen molar-refractivity contribution in [1.29, 1.82) is 0 Å². The predicted octanol–water partition coefficient (Wildman–Crippen LogP) is 6.44. The molecule has 4 bridgehead atoms. The molecule has 0 fully saturated rings. The first-order valence-electron chi connectivity index (χ1n) is 15.3. The number of aromatic nitrogens is 1. The summed E-state index contributed by atoms with van der Waals surface area (Å²) in [4.78, 5) is 56.2. The van der Waals surface area contributed by atoms with Crippen LogP contribution in [0.25, 0.3) is 21.9 Å².